The summed E-state index contributed by atoms with van der Waals surface area (Å²) in [6.07, 6.45) is 1.02. The molecule has 1 aliphatic carbocycles. The fourth-order valence-corrected chi connectivity index (χ4v) is 4.80. The molecule has 160 valence electrons. The third-order valence-corrected chi connectivity index (χ3v) is 7.03. The van der Waals surface area contributed by atoms with E-state index in [1.54, 1.807) is 17.0 Å². The van der Waals surface area contributed by atoms with Gasteiger partial charge in [0.1, 0.15) is 12.0 Å². The first kappa shape index (κ1) is 20.9. The molecule has 4 rings (SSSR count). The Kier molecular flexibility index (Phi) is 5.59. The van der Waals surface area contributed by atoms with Gasteiger partial charge in [0, 0.05) is 19.0 Å². The Labute approximate surface area is 178 Å². The van der Waals surface area contributed by atoms with E-state index in [-0.39, 0.29) is 12.2 Å². The van der Waals surface area contributed by atoms with Crippen molar-refractivity contribution in [3.05, 3.63) is 48.5 Å². The topological polar surface area (TPSA) is 76.1 Å². The van der Waals surface area contributed by atoms with Gasteiger partial charge < -0.3 is 14.4 Å². The van der Waals surface area contributed by atoms with Crippen molar-refractivity contribution in [3.8, 4) is 16.9 Å². The Morgan fingerprint density at radius 3 is 2.10 bits per heavy atom. The number of ether oxygens (including phenoxy) is 2. The molecule has 2 fully saturated rings. The largest absolute Gasteiger partial charge is 0.493 e. The van der Waals surface area contributed by atoms with E-state index in [2.05, 4.69) is 0 Å². The second kappa shape index (κ2) is 8.04. The van der Waals surface area contributed by atoms with Gasteiger partial charge in [0.15, 0.2) is 4.90 Å². The zero-order chi connectivity index (χ0) is 21.5. The lowest BCUT2D eigenvalue weighted by Crippen LogP contribution is -2.34. The first-order chi connectivity index (χ1) is 14.2. The summed E-state index contributed by atoms with van der Waals surface area (Å²) in [5.74, 6) is 2.36. The second-order valence-corrected chi connectivity index (χ2v) is 10.6. The van der Waals surface area contributed by atoms with Gasteiger partial charge in [0.05, 0.1) is 12.7 Å². The highest BCUT2D eigenvalue weighted by atomic mass is 32.3. The van der Waals surface area contributed by atoms with Crippen molar-refractivity contribution >= 4 is 16.3 Å². The van der Waals surface area contributed by atoms with Crippen molar-refractivity contribution in [1.29, 1.82) is 0 Å². The molecule has 1 saturated heterocycles. The molecule has 3 unspecified atom stereocenters. The molecule has 7 heteroatoms. The summed E-state index contributed by atoms with van der Waals surface area (Å²) in [7, 11) is -2.94. The minimum absolute atomic E-state index is 0.0860. The first-order valence-corrected chi connectivity index (χ1v) is 12.1. The van der Waals surface area contributed by atoms with Crippen molar-refractivity contribution in [2.45, 2.75) is 24.8 Å². The van der Waals surface area contributed by atoms with Crippen LogP contribution in [0, 0.1) is 17.8 Å². The van der Waals surface area contributed by atoms with Crippen LogP contribution in [0.15, 0.2) is 53.4 Å². The highest BCUT2D eigenvalue weighted by molar-refractivity contribution is 7.97. The van der Waals surface area contributed by atoms with Crippen LogP contribution in [0.1, 0.15) is 13.8 Å². The fourth-order valence-electron chi connectivity index (χ4n) is 4.16. The first-order valence-electron chi connectivity index (χ1n) is 10.2. The highest BCUT2D eigenvalue weighted by Gasteiger charge is 2.57. The molecule has 3 atom stereocenters. The number of nitrogens with zero attached hydrogens (tertiary/aromatic N) is 1. The summed E-state index contributed by atoms with van der Waals surface area (Å²) in [6, 6.07) is 15.0. The van der Waals surface area contributed by atoms with E-state index < -0.39 is 10.2 Å². The minimum atomic E-state index is -2.94. The van der Waals surface area contributed by atoms with E-state index in [1.807, 2.05) is 50.2 Å². The van der Waals surface area contributed by atoms with Crippen molar-refractivity contribution in [2.75, 3.05) is 26.0 Å². The molecule has 2 aliphatic rings. The van der Waals surface area contributed by atoms with E-state index in [0.717, 1.165) is 30.0 Å². The number of amides is 1. The van der Waals surface area contributed by atoms with E-state index in [1.165, 1.54) is 6.26 Å². The molecule has 30 heavy (non-hydrogen) atoms. The van der Waals surface area contributed by atoms with Gasteiger partial charge in [0.25, 0.3) is 0 Å². The molecular formula is C23H28NO5S+. The van der Waals surface area contributed by atoms with Crippen LogP contribution in [0.4, 0.5) is 4.79 Å². The quantitative estimate of drug-likeness (QED) is 0.687. The Bertz CT molecular complexity index is 939. The molecular weight excluding hydrogens is 402 g/mol. The van der Waals surface area contributed by atoms with E-state index >= 15 is 0 Å². The molecule has 0 bridgehead atoms. The van der Waals surface area contributed by atoms with Crippen LogP contribution in [-0.2, 0) is 19.2 Å². The molecule has 1 amide bonds. The smallest absolute Gasteiger partial charge is 0.410 e. The Morgan fingerprint density at radius 1 is 1.07 bits per heavy atom. The van der Waals surface area contributed by atoms with E-state index in [0.29, 0.717) is 29.3 Å². The summed E-state index contributed by atoms with van der Waals surface area (Å²) in [5, 5.41) is 0. The average Bonchev–Trinajstić information content (AvgIpc) is 3.14. The zero-order valence-electron chi connectivity index (χ0n) is 17.5. The van der Waals surface area contributed by atoms with Crippen LogP contribution in [0.3, 0.4) is 0 Å². The molecule has 1 saturated carbocycles. The van der Waals surface area contributed by atoms with Crippen molar-refractivity contribution in [1.82, 2.24) is 4.90 Å². The minimum Gasteiger partial charge on any atom is -0.493 e. The molecule has 0 spiro atoms. The SMILES string of the molecule is CC(C)OC(=O)N1CC2C(COc3ccc(-c4ccc([S+](C)(=O)O)cc4)cc3)C2C1. The number of piperidine rings is 1. The van der Waals surface area contributed by atoms with Crippen LogP contribution >= 0.6 is 0 Å². The normalized spacial score (nSPS) is 24.3. The lowest BCUT2D eigenvalue weighted by Gasteiger charge is -2.21. The number of fused-ring (bicyclic) bond motifs is 1. The summed E-state index contributed by atoms with van der Waals surface area (Å²) in [4.78, 5) is 14.2. The second-order valence-electron chi connectivity index (χ2n) is 8.49. The summed E-state index contributed by atoms with van der Waals surface area (Å²) < 4.78 is 32.6. The standard InChI is InChI=1S/C23H27NO5S/c1-15(2)29-23(25)24-12-20-21(13-24)22(20)14-28-18-8-4-16(5-9-18)17-6-10-19(11-7-17)30(3,26)27/h4-11,15,20-22H,12-14H2,1-3H3/p+1. The summed E-state index contributed by atoms with van der Waals surface area (Å²) >= 11 is 0. The summed E-state index contributed by atoms with van der Waals surface area (Å²) in [5.41, 5.74) is 2.01. The number of benzene rings is 2. The number of carbonyl (C=O) groups excluding carboxylic acids is 1. The third kappa shape index (κ3) is 4.52. The maximum atomic E-state index is 12.0. The lowest BCUT2D eigenvalue weighted by atomic mass is 10.1. The molecule has 2 aromatic carbocycles. The molecule has 2 aromatic rings. The van der Waals surface area contributed by atoms with Crippen molar-refractivity contribution < 1.29 is 23.0 Å². The number of hydrogen-bond acceptors (Lipinski definition) is 4. The number of likely N-dealkylation sites (tertiary alicyclic amines) is 1. The number of carbonyl (C=O) groups is 1. The van der Waals surface area contributed by atoms with Gasteiger partial charge in [-0.3, -0.25) is 0 Å². The Hall–Kier alpha value is -2.38. The van der Waals surface area contributed by atoms with Gasteiger partial charge in [-0.15, -0.1) is 0 Å². The average molecular weight is 431 g/mol. The third-order valence-electron chi connectivity index (χ3n) is 5.89. The van der Waals surface area contributed by atoms with E-state index in [9.17, 15) is 13.6 Å². The summed E-state index contributed by atoms with van der Waals surface area (Å²) in [6.45, 7) is 5.92. The Morgan fingerprint density at radius 2 is 1.60 bits per heavy atom. The maximum absolute atomic E-state index is 12.0. The molecule has 0 aromatic heterocycles. The lowest BCUT2D eigenvalue weighted by molar-refractivity contribution is 0.0779. The molecule has 1 heterocycles. The van der Waals surface area contributed by atoms with Gasteiger partial charge in [-0.1, -0.05) is 16.3 Å². The maximum Gasteiger partial charge on any atom is 0.410 e. The van der Waals surface area contributed by atoms with Crippen LogP contribution in [0.2, 0.25) is 0 Å². The van der Waals surface area contributed by atoms with Crippen LogP contribution < -0.4 is 4.74 Å². The zero-order valence-corrected chi connectivity index (χ0v) is 18.3. The monoisotopic (exact) mass is 430 g/mol. The predicted octanol–water partition coefficient (Wildman–Crippen LogP) is 4.42. The molecule has 0 radical (unpaired) electrons. The molecule has 6 nitrogen and oxygen atoms in total. The van der Waals surface area contributed by atoms with Gasteiger partial charge in [-0.2, -0.15) is 4.55 Å². The molecule has 1 aliphatic heterocycles. The van der Waals surface area contributed by atoms with Crippen LogP contribution in [0.5, 0.6) is 5.75 Å². The highest BCUT2D eigenvalue weighted by Crippen LogP contribution is 2.51. The van der Waals surface area contributed by atoms with Crippen molar-refractivity contribution in [3.63, 3.8) is 0 Å². The van der Waals surface area contributed by atoms with Gasteiger partial charge in [-0.25, -0.2) is 4.79 Å². The number of hydrogen-bond donors (Lipinski definition) is 1. The predicted molar refractivity (Wildman–Crippen MR) is 116 cm³/mol. The fraction of sp³-hybridized carbons (Fsp3) is 0.435. The van der Waals surface area contributed by atoms with Gasteiger partial charge in [-0.05, 0) is 73.2 Å². The van der Waals surface area contributed by atoms with Crippen LogP contribution in [0.25, 0.3) is 11.1 Å². The number of rotatable bonds is 6. The van der Waals surface area contributed by atoms with Crippen molar-refractivity contribution in [2.24, 2.45) is 17.8 Å². The van der Waals surface area contributed by atoms with Gasteiger partial charge in [0.2, 0.25) is 10.2 Å². The molecule has 1 N–H and O–H groups in total. The Balaban J connectivity index is 1.27. The van der Waals surface area contributed by atoms with Crippen LogP contribution in [-0.4, -0.2) is 47.6 Å². The van der Waals surface area contributed by atoms with E-state index in [4.69, 9.17) is 9.47 Å². The van der Waals surface area contributed by atoms with Gasteiger partial charge >= 0.3 is 6.09 Å².